The highest BCUT2D eigenvalue weighted by Gasteiger charge is 2.19. The molecule has 138 valence electrons. The molecule has 0 unspecified atom stereocenters. The van der Waals surface area contributed by atoms with Gasteiger partial charge in [-0.2, -0.15) is 0 Å². The first-order chi connectivity index (χ1) is 13.0. The molecule has 0 aliphatic heterocycles. The normalized spacial score (nSPS) is 13.0. The van der Waals surface area contributed by atoms with Crippen molar-refractivity contribution in [1.29, 1.82) is 0 Å². The van der Waals surface area contributed by atoms with Gasteiger partial charge in [-0.05, 0) is 67.6 Å². The zero-order valence-corrected chi connectivity index (χ0v) is 15.8. The molecule has 0 saturated heterocycles. The Morgan fingerprint density at radius 3 is 2.81 bits per heavy atom. The number of aromatic nitrogens is 2. The van der Waals surface area contributed by atoms with Crippen molar-refractivity contribution in [1.82, 2.24) is 14.9 Å². The Balaban J connectivity index is 1.63. The number of fused-ring (bicyclic) bond motifs is 2. The number of benzene rings is 2. The molecule has 1 amide bonds. The highest BCUT2D eigenvalue weighted by molar-refractivity contribution is 6.31. The first-order valence-electron chi connectivity index (χ1n) is 9.14. The van der Waals surface area contributed by atoms with Gasteiger partial charge in [0.2, 0.25) is 0 Å². The number of hydrogen-bond donors (Lipinski definition) is 1. The van der Waals surface area contributed by atoms with Crippen LogP contribution in [0.25, 0.3) is 10.9 Å². The van der Waals surface area contributed by atoms with Crippen LogP contribution in [0.1, 0.15) is 40.7 Å². The van der Waals surface area contributed by atoms with E-state index in [1.54, 1.807) is 23.1 Å². The molecule has 0 saturated carbocycles. The standard InChI is InChI=1S/C21H20ClN3O2/c1-2-25(21(27)15-7-6-13-4-3-5-14(13)10-15)12-19-23-18-11-16(22)8-9-17(18)20(26)24-19/h6-11H,2-5,12H2,1H3,(H,23,24,26). The molecule has 3 aromatic rings. The van der Waals surface area contributed by atoms with E-state index >= 15 is 0 Å². The third kappa shape index (κ3) is 3.47. The maximum atomic E-state index is 13.0. The highest BCUT2D eigenvalue weighted by atomic mass is 35.5. The number of aryl methyl sites for hydroxylation is 2. The maximum absolute atomic E-state index is 13.0. The zero-order chi connectivity index (χ0) is 19.0. The molecule has 1 aliphatic rings. The van der Waals surface area contributed by atoms with E-state index in [-0.39, 0.29) is 18.0 Å². The molecule has 1 heterocycles. The number of rotatable bonds is 4. The fraction of sp³-hybridized carbons (Fsp3) is 0.286. The number of carbonyl (C=O) groups is 1. The largest absolute Gasteiger partial charge is 0.331 e. The van der Waals surface area contributed by atoms with Crippen molar-refractivity contribution in [3.8, 4) is 0 Å². The number of carbonyl (C=O) groups excluding carboxylic acids is 1. The number of hydrogen-bond acceptors (Lipinski definition) is 3. The summed E-state index contributed by atoms with van der Waals surface area (Å²) >= 11 is 6.02. The van der Waals surface area contributed by atoms with Gasteiger partial charge in [-0.25, -0.2) is 4.98 Å². The summed E-state index contributed by atoms with van der Waals surface area (Å²) in [5.74, 6) is 0.396. The van der Waals surface area contributed by atoms with Crippen LogP contribution in [0.2, 0.25) is 5.02 Å². The van der Waals surface area contributed by atoms with Crippen molar-refractivity contribution in [3.63, 3.8) is 0 Å². The second-order valence-corrected chi connectivity index (χ2v) is 7.27. The van der Waals surface area contributed by atoms with E-state index in [2.05, 4.69) is 16.0 Å². The van der Waals surface area contributed by atoms with Crippen LogP contribution in [-0.4, -0.2) is 27.3 Å². The van der Waals surface area contributed by atoms with Crippen molar-refractivity contribution in [2.24, 2.45) is 0 Å². The molecule has 5 nitrogen and oxygen atoms in total. The summed E-state index contributed by atoms with van der Waals surface area (Å²) in [6.07, 6.45) is 3.27. The predicted molar refractivity (Wildman–Crippen MR) is 106 cm³/mol. The Bertz CT molecular complexity index is 1090. The van der Waals surface area contributed by atoms with Gasteiger partial charge in [-0.3, -0.25) is 9.59 Å². The fourth-order valence-corrected chi connectivity index (χ4v) is 3.80. The van der Waals surface area contributed by atoms with Crippen molar-refractivity contribution in [2.45, 2.75) is 32.7 Å². The summed E-state index contributed by atoms with van der Waals surface area (Å²) in [6.45, 7) is 2.68. The number of nitrogens with one attached hydrogen (secondary N) is 1. The fourth-order valence-electron chi connectivity index (χ4n) is 3.63. The first-order valence-corrected chi connectivity index (χ1v) is 9.52. The van der Waals surface area contributed by atoms with Crippen LogP contribution in [0.15, 0.2) is 41.2 Å². The van der Waals surface area contributed by atoms with Gasteiger partial charge < -0.3 is 9.88 Å². The lowest BCUT2D eigenvalue weighted by Crippen LogP contribution is -2.32. The quantitative estimate of drug-likeness (QED) is 0.748. The van der Waals surface area contributed by atoms with Crippen LogP contribution in [0.5, 0.6) is 0 Å². The zero-order valence-electron chi connectivity index (χ0n) is 15.1. The lowest BCUT2D eigenvalue weighted by molar-refractivity contribution is 0.0748. The summed E-state index contributed by atoms with van der Waals surface area (Å²) in [7, 11) is 0. The Kier molecular flexibility index (Phi) is 4.70. The smallest absolute Gasteiger partial charge is 0.258 e. The van der Waals surface area contributed by atoms with E-state index in [1.807, 2.05) is 19.1 Å². The average Bonchev–Trinajstić information content (AvgIpc) is 3.13. The lowest BCUT2D eigenvalue weighted by atomic mass is 10.1. The minimum atomic E-state index is -0.229. The maximum Gasteiger partial charge on any atom is 0.258 e. The van der Waals surface area contributed by atoms with Crippen molar-refractivity contribution >= 4 is 28.4 Å². The molecule has 0 atom stereocenters. The Morgan fingerprint density at radius 2 is 2.00 bits per heavy atom. The number of amides is 1. The Labute approximate surface area is 162 Å². The molecular formula is C21H20ClN3O2. The molecular weight excluding hydrogens is 362 g/mol. The molecule has 27 heavy (non-hydrogen) atoms. The van der Waals surface area contributed by atoms with Crippen LogP contribution in [0, 0.1) is 0 Å². The van der Waals surface area contributed by atoms with E-state index < -0.39 is 0 Å². The van der Waals surface area contributed by atoms with Gasteiger partial charge in [0, 0.05) is 17.1 Å². The molecule has 0 fully saturated rings. The molecule has 4 rings (SSSR count). The van der Waals surface area contributed by atoms with Crippen molar-refractivity contribution in [3.05, 3.63) is 74.3 Å². The van der Waals surface area contributed by atoms with Crippen LogP contribution >= 0.6 is 11.6 Å². The highest BCUT2D eigenvalue weighted by Crippen LogP contribution is 2.23. The summed E-state index contributed by atoms with van der Waals surface area (Å²) in [5.41, 5.74) is 3.59. The Hall–Kier alpha value is -2.66. The average molecular weight is 382 g/mol. The summed E-state index contributed by atoms with van der Waals surface area (Å²) in [6, 6.07) is 10.9. The summed E-state index contributed by atoms with van der Waals surface area (Å²) in [4.78, 5) is 34.2. The molecule has 1 aromatic heterocycles. The van der Waals surface area contributed by atoms with Gasteiger partial charge in [0.15, 0.2) is 0 Å². The molecule has 0 spiro atoms. The van der Waals surface area contributed by atoms with Crippen LogP contribution < -0.4 is 5.56 Å². The molecule has 2 aromatic carbocycles. The molecule has 0 bridgehead atoms. The van der Waals surface area contributed by atoms with Gasteiger partial charge in [-0.15, -0.1) is 0 Å². The third-order valence-electron chi connectivity index (χ3n) is 5.07. The first kappa shape index (κ1) is 17.7. The lowest BCUT2D eigenvalue weighted by Gasteiger charge is -2.21. The number of halogens is 1. The number of aromatic amines is 1. The third-order valence-corrected chi connectivity index (χ3v) is 5.31. The SMILES string of the molecule is CCN(Cc1nc2cc(Cl)ccc2c(=O)[nH]1)C(=O)c1ccc2c(c1)CCC2. The number of H-pyrrole nitrogens is 1. The number of nitrogens with zero attached hydrogens (tertiary/aromatic N) is 2. The van der Waals surface area contributed by atoms with E-state index in [4.69, 9.17) is 11.6 Å². The van der Waals surface area contributed by atoms with E-state index in [9.17, 15) is 9.59 Å². The van der Waals surface area contributed by atoms with Gasteiger partial charge in [0.1, 0.15) is 5.82 Å². The monoisotopic (exact) mass is 381 g/mol. The van der Waals surface area contributed by atoms with Gasteiger partial charge in [0.25, 0.3) is 11.5 Å². The van der Waals surface area contributed by atoms with Crippen molar-refractivity contribution < 1.29 is 4.79 Å². The topological polar surface area (TPSA) is 66.1 Å². The molecule has 1 aliphatic carbocycles. The van der Waals surface area contributed by atoms with Gasteiger partial charge in [0.05, 0.1) is 17.4 Å². The van der Waals surface area contributed by atoms with Crippen molar-refractivity contribution in [2.75, 3.05) is 6.54 Å². The summed E-state index contributed by atoms with van der Waals surface area (Å²) in [5, 5.41) is 1.00. The predicted octanol–water partition coefficient (Wildman–Crippen LogP) is 3.73. The second-order valence-electron chi connectivity index (χ2n) is 6.83. The Morgan fingerprint density at radius 1 is 1.19 bits per heavy atom. The van der Waals surface area contributed by atoms with E-state index in [0.717, 1.165) is 19.3 Å². The van der Waals surface area contributed by atoms with Crippen LogP contribution in [0.3, 0.4) is 0 Å². The molecule has 6 heteroatoms. The molecule has 1 N–H and O–H groups in total. The van der Waals surface area contributed by atoms with Gasteiger partial charge in [-0.1, -0.05) is 17.7 Å². The van der Waals surface area contributed by atoms with E-state index in [1.165, 1.54) is 11.1 Å². The van der Waals surface area contributed by atoms with Crippen LogP contribution in [0.4, 0.5) is 0 Å². The minimum Gasteiger partial charge on any atom is -0.331 e. The second kappa shape index (κ2) is 7.16. The minimum absolute atomic E-state index is 0.0546. The van der Waals surface area contributed by atoms with Crippen LogP contribution in [-0.2, 0) is 19.4 Å². The summed E-state index contributed by atoms with van der Waals surface area (Å²) < 4.78 is 0. The van der Waals surface area contributed by atoms with E-state index in [0.29, 0.717) is 33.9 Å². The molecule has 0 radical (unpaired) electrons. The van der Waals surface area contributed by atoms with Gasteiger partial charge >= 0.3 is 0 Å².